The first-order valence-corrected chi connectivity index (χ1v) is 6.55. The Bertz CT molecular complexity index is 428. The van der Waals surface area contributed by atoms with Crippen LogP contribution in [0.4, 0.5) is 0 Å². The van der Waals surface area contributed by atoms with E-state index >= 15 is 0 Å². The summed E-state index contributed by atoms with van der Waals surface area (Å²) in [6.07, 6.45) is 0.573. The van der Waals surface area contributed by atoms with E-state index in [9.17, 15) is 8.42 Å². The number of alkyl halides is 1. The highest BCUT2D eigenvalue weighted by atomic mass is 35.5. The molecule has 1 aliphatic rings. The van der Waals surface area contributed by atoms with Crippen molar-refractivity contribution in [2.45, 2.75) is 18.2 Å². The first-order chi connectivity index (χ1) is 6.61. The fourth-order valence-corrected chi connectivity index (χ4v) is 3.33. The van der Waals surface area contributed by atoms with Crippen molar-refractivity contribution in [3.8, 4) is 0 Å². The number of aromatic nitrogens is 2. The molecule has 7 heteroatoms. The van der Waals surface area contributed by atoms with E-state index in [1.165, 1.54) is 0 Å². The number of hydrogen-bond acceptors (Lipinski definition) is 5. The second kappa shape index (κ2) is 3.51. The highest BCUT2D eigenvalue weighted by Gasteiger charge is 2.32. The molecule has 0 radical (unpaired) electrons. The molecule has 2 heterocycles. The lowest BCUT2D eigenvalue weighted by molar-refractivity contribution is 0.381. The van der Waals surface area contributed by atoms with Gasteiger partial charge in [0.05, 0.1) is 11.5 Å². The van der Waals surface area contributed by atoms with Crippen molar-refractivity contribution in [2.24, 2.45) is 0 Å². The SMILES string of the molecule is O=S1(=O)CCC(c2noc(CCl)n2)C1. The van der Waals surface area contributed by atoms with Gasteiger partial charge in [-0.05, 0) is 6.42 Å². The summed E-state index contributed by atoms with van der Waals surface area (Å²) in [6.45, 7) is 0. The standard InChI is InChI=1S/C7H9ClN2O3S/c8-3-6-9-7(10-13-6)5-1-2-14(11,12)4-5/h5H,1-4H2. The molecule has 0 aromatic carbocycles. The number of halogens is 1. The van der Waals surface area contributed by atoms with Crippen LogP contribution < -0.4 is 0 Å². The molecule has 0 spiro atoms. The van der Waals surface area contributed by atoms with Crippen molar-refractivity contribution in [1.82, 2.24) is 10.1 Å². The van der Waals surface area contributed by atoms with Crippen molar-refractivity contribution in [1.29, 1.82) is 0 Å². The van der Waals surface area contributed by atoms with Crippen molar-refractivity contribution >= 4 is 21.4 Å². The Labute approximate surface area is 86.4 Å². The maximum atomic E-state index is 11.2. The molecule has 0 amide bonds. The Morgan fingerprint density at radius 1 is 1.57 bits per heavy atom. The predicted molar refractivity (Wildman–Crippen MR) is 49.9 cm³/mol. The molecule has 1 fully saturated rings. The number of nitrogens with zero attached hydrogens (tertiary/aromatic N) is 2. The molecule has 0 saturated carbocycles. The van der Waals surface area contributed by atoms with Gasteiger partial charge in [-0.25, -0.2) is 8.42 Å². The molecule has 0 aliphatic carbocycles. The van der Waals surface area contributed by atoms with Crippen molar-refractivity contribution in [3.05, 3.63) is 11.7 Å². The minimum absolute atomic E-state index is 0.119. The highest BCUT2D eigenvalue weighted by Crippen LogP contribution is 2.26. The summed E-state index contributed by atoms with van der Waals surface area (Å²) < 4.78 is 27.2. The third-order valence-corrected chi connectivity index (χ3v) is 4.19. The fraction of sp³-hybridized carbons (Fsp3) is 0.714. The minimum atomic E-state index is -2.90. The number of sulfone groups is 1. The Kier molecular flexibility index (Phi) is 2.48. The van der Waals surface area contributed by atoms with E-state index in [1.807, 2.05) is 0 Å². The smallest absolute Gasteiger partial charge is 0.241 e. The van der Waals surface area contributed by atoms with Crippen LogP contribution in [0.5, 0.6) is 0 Å². The van der Waals surface area contributed by atoms with E-state index in [4.69, 9.17) is 16.1 Å². The Morgan fingerprint density at radius 3 is 2.86 bits per heavy atom. The summed E-state index contributed by atoms with van der Waals surface area (Å²) >= 11 is 5.49. The molecule has 1 aliphatic heterocycles. The molecule has 1 atom stereocenters. The van der Waals surface area contributed by atoms with Gasteiger partial charge in [0.1, 0.15) is 5.88 Å². The third-order valence-electron chi connectivity index (χ3n) is 2.20. The van der Waals surface area contributed by atoms with Crippen LogP contribution in [0.25, 0.3) is 0 Å². The zero-order valence-corrected chi connectivity index (χ0v) is 8.88. The minimum Gasteiger partial charge on any atom is -0.338 e. The van der Waals surface area contributed by atoms with Gasteiger partial charge in [0, 0.05) is 5.92 Å². The van der Waals surface area contributed by atoms with Gasteiger partial charge >= 0.3 is 0 Å². The lowest BCUT2D eigenvalue weighted by Gasteiger charge is -1.97. The van der Waals surface area contributed by atoms with Crippen molar-refractivity contribution in [3.63, 3.8) is 0 Å². The first kappa shape index (κ1) is 9.92. The first-order valence-electron chi connectivity index (χ1n) is 4.19. The van der Waals surface area contributed by atoms with Crippen molar-refractivity contribution in [2.75, 3.05) is 11.5 Å². The third kappa shape index (κ3) is 1.90. The van der Waals surface area contributed by atoms with E-state index in [0.29, 0.717) is 18.1 Å². The number of hydrogen-bond donors (Lipinski definition) is 0. The lowest BCUT2D eigenvalue weighted by atomic mass is 10.1. The van der Waals surface area contributed by atoms with Crippen LogP contribution in [0.2, 0.25) is 0 Å². The lowest BCUT2D eigenvalue weighted by Crippen LogP contribution is -2.05. The highest BCUT2D eigenvalue weighted by molar-refractivity contribution is 7.91. The van der Waals surface area contributed by atoms with Crippen LogP contribution in [0.15, 0.2) is 4.52 Å². The second-order valence-corrected chi connectivity index (χ2v) is 5.78. The average Bonchev–Trinajstić information content (AvgIpc) is 2.70. The van der Waals surface area contributed by atoms with Gasteiger partial charge < -0.3 is 4.52 Å². The zero-order valence-electron chi connectivity index (χ0n) is 7.31. The van der Waals surface area contributed by atoms with Gasteiger partial charge in [-0.2, -0.15) is 4.98 Å². The van der Waals surface area contributed by atoms with E-state index < -0.39 is 9.84 Å². The van der Waals surface area contributed by atoms with Gasteiger partial charge in [0.15, 0.2) is 15.7 Å². The van der Waals surface area contributed by atoms with Crippen LogP contribution in [0, 0.1) is 0 Å². The van der Waals surface area contributed by atoms with E-state index in [-0.39, 0.29) is 23.3 Å². The molecule has 1 aromatic rings. The van der Waals surface area contributed by atoms with Crippen LogP contribution in [0.3, 0.4) is 0 Å². The van der Waals surface area contributed by atoms with E-state index in [1.54, 1.807) is 0 Å². The summed E-state index contributed by atoms with van der Waals surface area (Å²) in [7, 11) is -2.90. The Hall–Kier alpha value is -0.620. The Balaban J connectivity index is 2.17. The fourth-order valence-electron chi connectivity index (χ4n) is 1.49. The molecule has 1 saturated heterocycles. The van der Waals surface area contributed by atoms with Crippen molar-refractivity contribution < 1.29 is 12.9 Å². The van der Waals surface area contributed by atoms with Crippen LogP contribution >= 0.6 is 11.6 Å². The molecular weight excluding hydrogens is 228 g/mol. The quantitative estimate of drug-likeness (QED) is 0.707. The maximum absolute atomic E-state index is 11.2. The van der Waals surface area contributed by atoms with Crippen LogP contribution in [-0.4, -0.2) is 30.1 Å². The van der Waals surface area contributed by atoms with Gasteiger partial charge in [-0.3, -0.25) is 0 Å². The average molecular weight is 237 g/mol. The van der Waals surface area contributed by atoms with E-state index in [0.717, 1.165) is 0 Å². The maximum Gasteiger partial charge on any atom is 0.241 e. The summed E-state index contributed by atoms with van der Waals surface area (Å²) in [5.41, 5.74) is 0. The van der Waals surface area contributed by atoms with E-state index in [2.05, 4.69) is 10.1 Å². The van der Waals surface area contributed by atoms with Gasteiger partial charge in [0.2, 0.25) is 5.89 Å². The van der Waals surface area contributed by atoms with Crippen LogP contribution in [0.1, 0.15) is 24.1 Å². The second-order valence-electron chi connectivity index (χ2n) is 3.28. The van der Waals surface area contributed by atoms with Gasteiger partial charge in [-0.1, -0.05) is 5.16 Å². The largest absolute Gasteiger partial charge is 0.338 e. The Morgan fingerprint density at radius 2 is 2.36 bits per heavy atom. The molecule has 1 aromatic heterocycles. The summed E-state index contributed by atoms with van der Waals surface area (Å²) in [5.74, 6) is 1.16. The molecule has 5 nitrogen and oxygen atoms in total. The summed E-state index contributed by atoms with van der Waals surface area (Å²) in [5, 5.41) is 3.70. The molecule has 2 rings (SSSR count). The van der Waals surface area contributed by atoms with Crippen LogP contribution in [-0.2, 0) is 15.7 Å². The topological polar surface area (TPSA) is 73.1 Å². The molecule has 14 heavy (non-hydrogen) atoms. The zero-order chi connectivity index (χ0) is 10.2. The molecule has 1 unspecified atom stereocenters. The monoisotopic (exact) mass is 236 g/mol. The van der Waals surface area contributed by atoms with Gasteiger partial charge in [0.25, 0.3) is 0 Å². The number of rotatable bonds is 2. The molecule has 0 bridgehead atoms. The molecule has 0 N–H and O–H groups in total. The summed E-state index contributed by atoms with van der Waals surface area (Å²) in [4.78, 5) is 4.00. The molecule has 78 valence electrons. The normalized spacial score (nSPS) is 25.4. The predicted octanol–water partition coefficient (Wildman–Crippen LogP) is 0.711. The molecular formula is C7H9ClN2O3S. The van der Waals surface area contributed by atoms with Gasteiger partial charge in [-0.15, -0.1) is 11.6 Å². The summed E-state index contributed by atoms with van der Waals surface area (Å²) in [6, 6.07) is 0.